The van der Waals surface area contributed by atoms with Gasteiger partial charge in [0.1, 0.15) is 24.5 Å². The highest BCUT2D eigenvalue weighted by atomic mass is 16.7. The Hall–Kier alpha value is -2.78. The van der Waals surface area contributed by atoms with Gasteiger partial charge in [-0.25, -0.2) is 9.59 Å². The predicted molar refractivity (Wildman–Crippen MR) is 97.8 cm³/mol. The number of aliphatic carboxylic acids is 1. The van der Waals surface area contributed by atoms with Crippen molar-refractivity contribution in [3.8, 4) is 0 Å². The van der Waals surface area contributed by atoms with Crippen LogP contribution in [0.25, 0.3) is 10.4 Å². The maximum Gasteiger partial charge on any atom is 0.335 e. The van der Waals surface area contributed by atoms with Crippen molar-refractivity contribution in [3.63, 3.8) is 0 Å². The van der Waals surface area contributed by atoms with Gasteiger partial charge in [0.25, 0.3) is 5.56 Å². The molecule has 2 aliphatic rings. The molecule has 0 amide bonds. The van der Waals surface area contributed by atoms with Crippen molar-refractivity contribution in [1.29, 1.82) is 0 Å². The molecule has 15 heteroatoms. The zero-order valence-corrected chi connectivity index (χ0v) is 16.1. The zero-order valence-electron chi connectivity index (χ0n) is 16.1. The van der Waals surface area contributed by atoms with E-state index in [9.17, 15) is 29.7 Å². The summed E-state index contributed by atoms with van der Waals surface area (Å²) in [6.07, 6.45) is -9.39. The normalized spacial score (nSPS) is 35.5. The summed E-state index contributed by atoms with van der Waals surface area (Å²) in [5, 5.41) is 42.3. The van der Waals surface area contributed by atoms with Crippen LogP contribution in [0.4, 0.5) is 0 Å². The lowest BCUT2D eigenvalue weighted by Crippen LogP contribution is -2.60. The number of aliphatic hydroxyl groups is 3. The summed E-state index contributed by atoms with van der Waals surface area (Å²) in [5.41, 5.74) is 7.79. The van der Waals surface area contributed by atoms with Crippen LogP contribution in [0.15, 0.2) is 20.9 Å². The van der Waals surface area contributed by atoms with Gasteiger partial charge in [-0.3, -0.25) is 14.3 Å². The van der Waals surface area contributed by atoms with Crippen molar-refractivity contribution in [2.75, 3.05) is 6.61 Å². The smallest absolute Gasteiger partial charge is 0.335 e. The number of aromatic amines is 1. The fraction of sp³-hybridized carbons (Fsp3) is 0.688. The zero-order chi connectivity index (χ0) is 22.9. The Morgan fingerprint density at radius 3 is 2.68 bits per heavy atom. The average Bonchev–Trinajstić information content (AvgIpc) is 3.11. The number of aliphatic hydroxyl groups excluding tert-OH is 3. The first-order valence-electron chi connectivity index (χ1n) is 9.19. The topological polar surface area (TPSA) is 229 Å². The SMILES string of the molecule is Cc1cn([C@H]2C[C@@H](N=[N+]=[N-])[C@H](CO[C@@H]3OC(C(=O)O)[C@@H](O)[C@H](O)[C@H]3O)O2)c(=O)[nH]c1=O. The number of aromatic nitrogens is 2. The number of carboxylic acids is 1. The van der Waals surface area contributed by atoms with E-state index in [4.69, 9.17) is 24.8 Å². The van der Waals surface area contributed by atoms with Gasteiger partial charge in [0, 0.05) is 23.1 Å². The molecule has 31 heavy (non-hydrogen) atoms. The van der Waals surface area contributed by atoms with E-state index in [2.05, 4.69) is 15.0 Å². The lowest BCUT2D eigenvalue weighted by Gasteiger charge is -2.38. The van der Waals surface area contributed by atoms with Gasteiger partial charge in [0.2, 0.25) is 0 Å². The summed E-state index contributed by atoms with van der Waals surface area (Å²) < 4.78 is 17.2. The van der Waals surface area contributed by atoms with Gasteiger partial charge in [-0.05, 0) is 12.5 Å². The molecule has 1 aromatic heterocycles. The Labute approximate surface area is 173 Å². The van der Waals surface area contributed by atoms with E-state index in [1.165, 1.54) is 13.1 Å². The summed E-state index contributed by atoms with van der Waals surface area (Å²) in [6.45, 7) is 1.13. The molecule has 5 N–H and O–H groups in total. The predicted octanol–water partition coefficient (Wildman–Crippen LogP) is -2.28. The number of carbonyl (C=O) groups is 1. The molecule has 0 saturated carbocycles. The van der Waals surface area contributed by atoms with Gasteiger partial charge in [-0.1, -0.05) is 5.11 Å². The summed E-state index contributed by atoms with van der Waals surface area (Å²) in [6, 6.07) is -0.805. The molecular weight excluding hydrogens is 422 g/mol. The number of azide groups is 1. The lowest BCUT2D eigenvalue weighted by molar-refractivity contribution is -0.298. The van der Waals surface area contributed by atoms with E-state index >= 15 is 0 Å². The highest BCUT2D eigenvalue weighted by Crippen LogP contribution is 2.31. The van der Waals surface area contributed by atoms with E-state index in [0.29, 0.717) is 0 Å². The molecule has 0 radical (unpaired) electrons. The van der Waals surface area contributed by atoms with E-state index in [1.54, 1.807) is 0 Å². The summed E-state index contributed by atoms with van der Waals surface area (Å²) >= 11 is 0. The number of nitrogens with one attached hydrogen (secondary N) is 1. The number of hydrogen-bond donors (Lipinski definition) is 5. The van der Waals surface area contributed by atoms with Crippen molar-refractivity contribution >= 4 is 5.97 Å². The fourth-order valence-corrected chi connectivity index (χ4v) is 3.40. The Morgan fingerprint density at radius 1 is 1.32 bits per heavy atom. The minimum atomic E-state index is -1.87. The van der Waals surface area contributed by atoms with Crippen LogP contribution in [0.1, 0.15) is 18.2 Å². The van der Waals surface area contributed by atoms with Crippen molar-refractivity contribution < 1.29 is 39.4 Å². The number of nitrogens with zero attached hydrogens (tertiary/aromatic N) is 4. The monoisotopic (exact) mass is 443 g/mol. The summed E-state index contributed by atoms with van der Waals surface area (Å²) in [4.78, 5) is 39.7. The first-order chi connectivity index (χ1) is 14.6. The highest BCUT2D eigenvalue weighted by molar-refractivity contribution is 5.73. The van der Waals surface area contributed by atoms with Gasteiger partial charge >= 0.3 is 11.7 Å². The van der Waals surface area contributed by atoms with Crippen molar-refractivity contribution in [2.45, 2.75) is 62.4 Å². The van der Waals surface area contributed by atoms with Gasteiger partial charge in [-0.15, -0.1) is 0 Å². The number of rotatable bonds is 6. The lowest BCUT2D eigenvalue weighted by atomic mass is 9.99. The van der Waals surface area contributed by atoms with Crippen molar-refractivity contribution in [2.24, 2.45) is 5.11 Å². The minimum Gasteiger partial charge on any atom is -0.479 e. The van der Waals surface area contributed by atoms with E-state index in [0.717, 1.165) is 4.57 Å². The fourth-order valence-electron chi connectivity index (χ4n) is 3.40. The third-order valence-electron chi connectivity index (χ3n) is 5.10. The van der Waals surface area contributed by atoms with Gasteiger partial charge in [0.05, 0.1) is 18.8 Å². The van der Waals surface area contributed by atoms with Gasteiger partial charge in [0.15, 0.2) is 12.4 Å². The number of aryl methyl sites for hydroxylation is 1. The highest BCUT2D eigenvalue weighted by Gasteiger charge is 2.48. The molecule has 0 bridgehead atoms. The molecule has 2 aliphatic heterocycles. The first-order valence-corrected chi connectivity index (χ1v) is 9.19. The minimum absolute atomic E-state index is 0.0661. The summed E-state index contributed by atoms with van der Waals surface area (Å²) in [5.74, 6) is -1.57. The van der Waals surface area contributed by atoms with Crippen molar-refractivity contribution in [1.82, 2.24) is 9.55 Å². The molecule has 1 aromatic rings. The van der Waals surface area contributed by atoms with Crippen LogP contribution in [-0.2, 0) is 19.0 Å². The second-order valence-corrected chi connectivity index (χ2v) is 7.18. The first kappa shape index (κ1) is 22.9. The van der Waals surface area contributed by atoms with Crippen molar-refractivity contribution in [3.05, 3.63) is 43.0 Å². The number of hydrogen-bond acceptors (Lipinski definition) is 10. The van der Waals surface area contributed by atoms with Crippen LogP contribution in [0.2, 0.25) is 0 Å². The van der Waals surface area contributed by atoms with Gasteiger partial charge < -0.3 is 34.6 Å². The van der Waals surface area contributed by atoms with Crippen LogP contribution in [0, 0.1) is 6.92 Å². The quantitative estimate of drug-likeness (QED) is 0.180. The third kappa shape index (κ3) is 4.62. The molecule has 170 valence electrons. The third-order valence-corrected chi connectivity index (χ3v) is 5.10. The second-order valence-electron chi connectivity index (χ2n) is 7.18. The van der Waals surface area contributed by atoms with Crippen LogP contribution < -0.4 is 11.2 Å². The van der Waals surface area contributed by atoms with E-state index in [-0.39, 0.29) is 18.6 Å². The molecule has 15 nitrogen and oxygen atoms in total. The van der Waals surface area contributed by atoms with Crippen LogP contribution in [0.5, 0.6) is 0 Å². The standard InChI is InChI=1S/C16H21N5O10/c1-5-3-21(16(28)18-13(5)25)8-2-6(19-20-17)7(30-8)4-29-15-11(24)9(22)10(23)12(31-15)14(26)27/h3,6-12,15,22-24H,2,4H2,1H3,(H,26,27)(H,18,25,28)/t6-,7+,8-,9+,10+,11-,12?,15-/m1/s1. The maximum atomic E-state index is 12.1. The Bertz CT molecular complexity index is 988. The average molecular weight is 443 g/mol. The van der Waals surface area contributed by atoms with E-state index < -0.39 is 66.3 Å². The largest absolute Gasteiger partial charge is 0.479 e. The Kier molecular flexibility index (Phi) is 6.76. The molecule has 0 aromatic carbocycles. The van der Waals surface area contributed by atoms with Crippen LogP contribution in [0.3, 0.4) is 0 Å². The molecule has 1 unspecified atom stereocenters. The Morgan fingerprint density at radius 2 is 2.03 bits per heavy atom. The molecule has 2 fully saturated rings. The number of carboxylic acid groups (broad SMARTS) is 1. The molecule has 0 spiro atoms. The van der Waals surface area contributed by atoms with Gasteiger partial charge in [-0.2, -0.15) is 0 Å². The molecule has 2 saturated heterocycles. The molecule has 8 atom stereocenters. The Balaban J connectivity index is 1.74. The second kappa shape index (κ2) is 9.15. The van der Waals surface area contributed by atoms with Crippen LogP contribution >= 0.6 is 0 Å². The number of H-pyrrole nitrogens is 1. The molecule has 3 heterocycles. The van der Waals surface area contributed by atoms with Crippen LogP contribution in [-0.4, -0.2) is 85.4 Å². The summed E-state index contributed by atoms with van der Waals surface area (Å²) in [7, 11) is 0. The molecule has 0 aliphatic carbocycles. The maximum absolute atomic E-state index is 12.1. The molecule has 3 rings (SSSR count). The van der Waals surface area contributed by atoms with E-state index in [1.807, 2.05) is 0 Å². The molecular formula is C16H21N5O10. The number of ether oxygens (including phenoxy) is 3.